The highest BCUT2D eigenvalue weighted by molar-refractivity contribution is 5.91. The molecule has 1 amide bonds. The van der Waals surface area contributed by atoms with Crippen LogP contribution in [0.1, 0.15) is 29.0 Å². The highest BCUT2D eigenvalue weighted by atomic mass is 16.1. The summed E-state index contributed by atoms with van der Waals surface area (Å²) in [6.07, 6.45) is 0.318. The Bertz CT molecular complexity index is 920. The number of amides is 1. The van der Waals surface area contributed by atoms with E-state index in [1.54, 1.807) is 0 Å². The molecule has 26 heavy (non-hydrogen) atoms. The second-order valence-electron chi connectivity index (χ2n) is 6.22. The fourth-order valence-corrected chi connectivity index (χ4v) is 2.75. The summed E-state index contributed by atoms with van der Waals surface area (Å²) in [4.78, 5) is 12.5. The van der Waals surface area contributed by atoms with Gasteiger partial charge in [-0.05, 0) is 36.8 Å². The Kier molecular flexibility index (Phi) is 5.85. The maximum atomic E-state index is 12.5. The molecular weight excluding hydrogens is 318 g/mol. The Morgan fingerprint density at radius 2 is 1.62 bits per heavy atom. The van der Waals surface area contributed by atoms with Crippen LogP contribution >= 0.6 is 0 Å². The van der Waals surface area contributed by atoms with Crippen LogP contribution in [0.5, 0.6) is 0 Å². The molecule has 0 fully saturated rings. The lowest BCUT2D eigenvalue weighted by Crippen LogP contribution is -2.15. The molecule has 2 heteroatoms. The first-order valence-corrected chi connectivity index (χ1v) is 8.69. The van der Waals surface area contributed by atoms with E-state index in [1.807, 2.05) is 72.8 Å². The summed E-state index contributed by atoms with van der Waals surface area (Å²) in [5.74, 6) is 6.30. The highest BCUT2D eigenvalue weighted by Gasteiger charge is 2.14. The van der Waals surface area contributed by atoms with Gasteiger partial charge in [-0.25, -0.2) is 0 Å². The molecule has 0 bridgehead atoms. The zero-order valence-electron chi connectivity index (χ0n) is 14.8. The van der Waals surface area contributed by atoms with E-state index >= 15 is 0 Å². The molecule has 0 saturated heterocycles. The molecule has 2 nitrogen and oxygen atoms in total. The van der Waals surface area contributed by atoms with Crippen LogP contribution in [0.3, 0.4) is 0 Å². The molecule has 0 heterocycles. The number of hydrogen-bond donors (Lipinski definition) is 1. The minimum atomic E-state index is -0.154. The van der Waals surface area contributed by atoms with Crippen molar-refractivity contribution in [2.45, 2.75) is 19.3 Å². The first-order valence-electron chi connectivity index (χ1n) is 8.69. The molecule has 0 aromatic heterocycles. The Morgan fingerprint density at radius 3 is 2.31 bits per heavy atom. The minimum Gasteiger partial charge on any atom is -0.326 e. The number of para-hydroxylation sites is 1. The molecule has 1 N–H and O–H groups in total. The van der Waals surface area contributed by atoms with Crippen LogP contribution in [0.2, 0.25) is 0 Å². The second kappa shape index (κ2) is 8.69. The Hall–Kier alpha value is -3.31. The largest absolute Gasteiger partial charge is 0.326 e. The van der Waals surface area contributed by atoms with E-state index in [4.69, 9.17) is 0 Å². The number of anilines is 1. The lowest BCUT2D eigenvalue weighted by molar-refractivity contribution is -0.116. The molecular formula is C24H21NO. The maximum absolute atomic E-state index is 12.5. The third-order valence-electron chi connectivity index (χ3n) is 4.06. The van der Waals surface area contributed by atoms with E-state index in [9.17, 15) is 4.79 Å². The number of carbonyl (C=O) groups is 1. The van der Waals surface area contributed by atoms with Crippen molar-refractivity contribution in [1.29, 1.82) is 0 Å². The quantitative estimate of drug-likeness (QED) is 0.654. The summed E-state index contributed by atoms with van der Waals surface area (Å²) < 4.78 is 0. The standard InChI is InChI=1S/C24H21NO/c1-19-9-8-12-21(17-19)22(16-15-20-10-4-2-5-11-20)18-24(26)25-23-13-6-3-7-14-23/h2-14,17,22H,18H2,1H3,(H,25,26)/t22-/m1/s1. The first-order chi connectivity index (χ1) is 12.7. The van der Waals surface area contributed by atoms with Crippen molar-refractivity contribution in [2.24, 2.45) is 0 Å². The SMILES string of the molecule is Cc1cccc([C@H](C#Cc2ccccc2)CC(=O)Nc2ccccc2)c1. The third-order valence-corrected chi connectivity index (χ3v) is 4.06. The van der Waals surface area contributed by atoms with Gasteiger partial charge in [0.25, 0.3) is 0 Å². The van der Waals surface area contributed by atoms with Crippen LogP contribution in [0.4, 0.5) is 5.69 Å². The molecule has 3 rings (SSSR count). The van der Waals surface area contributed by atoms with Crippen molar-refractivity contribution < 1.29 is 4.79 Å². The molecule has 3 aromatic carbocycles. The fourth-order valence-electron chi connectivity index (χ4n) is 2.75. The number of aryl methyl sites for hydroxylation is 1. The summed E-state index contributed by atoms with van der Waals surface area (Å²) in [7, 11) is 0. The average molecular weight is 339 g/mol. The Morgan fingerprint density at radius 1 is 0.923 bits per heavy atom. The molecule has 0 aliphatic heterocycles. The zero-order chi connectivity index (χ0) is 18.2. The normalized spacial score (nSPS) is 11.1. The van der Waals surface area contributed by atoms with Crippen molar-refractivity contribution in [3.05, 3.63) is 102 Å². The van der Waals surface area contributed by atoms with E-state index in [1.165, 1.54) is 0 Å². The molecule has 0 aliphatic carbocycles. The van der Waals surface area contributed by atoms with Gasteiger partial charge in [0.05, 0.1) is 5.92 Å². The average Bonchev–Trinajstić information content (AvgIpc) is 2.67. The first kappa shape index (κ1) is 17.5. The zero-order valence-corrected chi connectivity index (χ0v) is 14.8. The molecule has 1 atom stereocenters. The number of nitrogens with one attached hydrogen (secondary N) is 1. The third kappa shape index (κ3) is 5.09. The molecule has 128 valence electrons. The van der Waals surface area contributed by atoms with Crippen LogP contribution in [0, 0.1) is 18.8 Å². The van der Waals surface area contributed by atoms with Crippen LogP contribution < -0.4 is 5.32 Å². The van der Waals surface area contributed by atoms with Gasteiger partial charge in [0.2, 0.25) is 5.91 Å². The van der Waals surface area contributed by atoms with Crippen LogP contribution in [-0.2, 0) is 4.79 Å². The number of carbonyl (C=O) groups excluding carboxylic acids is 1. The second-order valence-corrected chi connectivity index (χ2v) is 6.22. The monoisotopic (exact) mass is 339 g/mol. The van der Waals surface area contributed by atoms with Crippen LogP contribution in [0.15, 0.2) is 84.9 Å². The summed E-state index contributed by atoms with van der Waals surface area (Å²) in [6, 6.07) is 27.6. The van der Waals surface area contributed by atoms with E-state index in [2.05, 4.69) is 36.2 Å². The van der Waals surface area contributed by atoms with E-state index < -0.39 is 0 Å². The summed E-state index contributed by atoms with van der Waals surface area (Å²) in [6.45, 7) is 2.05. The Balaban J connectivity index is 1.81. The van der Waals surface area contributed by atoms with E-state index in [-0.39, 0.29) is 11.8 Å². The van der Waals surface area contributed by atoms with E-state index in [0.29, 0.717) is 6.42 Å². The van der Waals surface area contributed by atoms with Crippen LogP contribution in [0.25, 0.3) is 0 Å². The summed E-state index contributed by atoms with van der Waals surface area (Å²) in [5.41, 5.74) is 3.99. The van der Waals surface area contributed by atoms with Gasteiger partial charge in [-0.2, -0.15) is 0 Å². The predicted molar refractivity (Wildman–Crippen MR) is 107 cm³/mol. The van der Waals surface area contributed by atoms with Gasteiger partial charge in [0.1, 0.15) is 0 Å². The molecule has 0 unspecified atom stereocenters. The molecule has 0 saturated carbocycles. The van der Waals surface area contributed by atoms with Gasteiger partial charge in [-0.15, -0.1) is 0 Å². The van der Waals surface area contributed by atoms with Gasteiger partial charge < -0.3 is 5.32 Å². The van der Waals surface area contributed by atoms with Gasteiger partial charge in [0.15, 0.2) is 0 Å². The fraction of sp³-hybridized carbons (Fsp3) is 0.125. The molecule has 0 radical (unpaired) electrons. The van der Waals surface area contributed by atoms with Gasteiger partial charge in [-0.1, -0.05) is 78.1 Å². The van der Waals surface area contributed by atoms with Crippen molar-refractivity contribution in [2.75, 3.05) is 5.32 Å². The molecule has 0 aliphatic rings. The van der Waals surface area contributed by atoms with Crippen molar-refractivity contribution in [1.82, 2.24) is 0 Å². The molecule has 0 spiro atoms. The smallest absolute Gasteiger partial charge is 0.225 e. The molecule has 3 aromatic rings. The van der Waals surface area contributed by atoms with Crippen molar-refractivity contribution in [3.63, 3.8) is 0 Å². The van der Waals surface area contributed by atoms with E-state index in [0.717, 1.165) is 22.4 Å². The maximum Gasteiger partial charge on any atom is 0.225 e. The topological polar surface area (TPSA) is 29.1 Å². The van der Waals surface area contributed by atoms with Crippen LogP contribution in [-0.4, -0.2) is 5.91 Å². The summed E-state index contributed by atoms with van der Waals surface area (Å²) >= 11 is 0. The summed E-state index contributed by atoms with van der Waals surface area (Å²) in [5, 5.41) is 2.95. The predicted octanol–water partition coefficient (Wildman–Crippen LogP) is 5.16. The highest BCUT2D eigenvalue weighted by Crippen LogP contribution is 2.21. The number of rotatable bonds is 4. The minimum absolute atomic E-state index is 0.0370. The van der Waals surface area contributed by atoms with Gasteiger partial charge in [-0.3, -0.25) is 4.79 Å². The number of hydrogen-bond acceptors (Lipinski definition) is 1. The van der Waals surface area contributed by atoms with Gasteiger partial charge in [0, 0.05) is 17.7 Å². The van der Waals surface area contributed by atoms with Gasteiger partial charge >= 0.3 is 0 Å². The number of benzene rings is 3. The lowest BCUT2D eigenvalue weighted by Gasteiger charge is -2.12. The van der Waals surface area contributed by atoms with Crippen molar-refractivity contribution >= 4 is 11.6 Å². The van der Waals surface area contributed by atoms with Crippen molar-refractivity contribution in [3.8, 4) is 11.8 Å². The Labute approximate surface area is 154 Å². The lowest BCUT2D eigenvalue weighted by atomic mass is 9.94.